The van der Waals surface area contributed by atoms with Crippen molar-refractivity contribution in [2.75, 3.05) is 19.0 Å². The molecule has 2 aliphatic carbocycles. The first kappa shape index (κ1) is 22.7. The molecule has 2 heterocycles. The van der Waals surface area contributed by atoms with Crippen molar-refractivity contribution >= 4 is 17.7 Å². The molecule has 0 N–H and O–H groups in total. The highest BCUT2D eigenvalue weighted by Crippen LogP contribution is 2.65. The minimum absolute atomic E-state index is 0.0535. The van der Waals surface area contributed by atoms with Gasteiger partial charge in [0.05, 0.1) is 12.0 Å². The Bertz CT molecular complexity index is 794. The highest BCUT2D eigenvalue weighted by atomic mass is 32.2. The van der Waals surface area contributed by atoms with Gasteiger partial charge in [-0.25, -0.2) is 0 Å². The first-order valence-corrected chi connectivity index (χ1v) is 13.6. The van der Waals surface area contributed by atoms with E-state index in [4.69, 9.17) is 14.2 Å². The fourth-order valence-corrected chi connectivity index (χ4v) is 8.35. The zero-order chi connectivity index (χ0) is 22.2. The molecule has 4 aliphatic rings. The molecular formula is C27H38O4S. The maximum atomic E-state index is 13.4. The summed E-state index contributed by atoms with van der Waals surface area (Å²) < 4.78 is 18.0. The predicted molar refractivity (Wildman–Crippen MR) is 126 cm³/mol. The molecule has 0 radical (unpaired) electrons. The van der Waals surface area contributed by atoms with Crippen molar-refractivity contribution in [2.45, 2.75) is 82.5 Å². The molecule has 5 rings (SSSR count). The van der Waals surface area contributed by atoms with Crippen LogP contribution in [0.3, 0.4) is 0 Å². The van der Waals surface area contributed by atoms with E-state index in [0.717, 1.165) is 50.9 Å². The lowest BCUT2D eigenvalue weighted by atomic mass is 9.47. The van der Waals surface area contributed by atoms with Gasteiger partial charge in [0, 0.05) is 23.2 Å². The van der Waals surface area contributed by atoms with Gasteiger partial charge in [0.2, 0.25) is 0 Å². The van der Waals surface area contributed by atoms with Crippen LogP contribution in [-0.2, 0) is 19.0 Å². The van der Waals surface area contributed by atoms with Gasteiger partial charge in [-0.15, -0.1) is 11.8 Å². The Morgan fingerprint density at radius 1 is 1.12 bits per heavy atom. The molecule has 0 amide bonds. The van der Waals surface area contributed by atoms with Gasteiger partial charge >= 0.3 is 5.97 Å². The van der Waals surface area contributed by atoms with Gasteiger partial charge in [-0.05, 0) is 80.8 Å². The van der Waals surface area contributed by atoms with Gasteiger partial charge in [-0.2, -0.15) is 0 Å². The zero-order valence-electron chi connectivity index (χ0n) is 19.6. The van der Waals surface area contributed by atoms with Crippen LogP contribution in [0.25, 0.3) is 0 Å². The van der Waals surface area contributed by atoms with Crippen molar-refractivity contribution in [1.29, 1.82) is 0 Å². The van der Waals surface area contributed by atoms with Crippen LogP contribution >= 0.6 is 11.8 Å². The number of rotatable bonds is 7. The van der Waals surface area contributed by atoms with Crippen molar-refractivity contribution in [2.24, 2.45) is 28.6 Å². The van der Waals surface area contributed by atoms with Gasteiger partial charge in [-0.1, -0.05) is 32.0 Å². The monoisotopic (exact) mass is 458 g/mol. The van der Waals surface area contributed by atoms with Crippen molar-refractivity contribution < 1.29 is 19.0 Å². The molecule has 5 heteroatoms. The van der Waals surface area contributed by atoms with E-state index in [2.05, 4.69) is 44.2 Å². The van der Waals surface area contributed by atoms with Gasteiger partial charge < -0.3 is 14.2 Å². The van der Waals surface area contributed by atoms with Crippen LogP contribution in [0.1, 0.15) is 65.2 Å². The van der Waals surface area contributed by atoms with Crippen LogP contribution in [0.4, 0.5) is 0 Å². The minimum Gasteiger partial charge on any atom is -0.462 e. The normalized spacial score (nSPS) is 41.2. The number of carbonyl (C=O) groups is 1. The molecule has 2 saturated heterocycles. The summed E-state index contributed by atoms with van der Waals surface area (Å²) in [6.45, 7) is 6.13. The number of carbonyl (C=O) groups excluding carboxylic acids is 1. The topological polar surface area (TPSA) is 44.8 Å². The highest BCUT2D eigenvalue weighted by Gasteiger charge is 2.67. The standard InChI is InChI=1S/C27H38O4S/c1-19-11-12-21-24-22(13-14-26(21,2)18-32-20-8-4-3-5-9-20)31-25(28)27(19,24)15-17-30-23-10-6-7-16-29-23/h3-5,8-9,19,21-24H,6-7,10-18H2,1-2H3/t19-,21-,22-,23?,24+,26+,27+/m1/s1. The largest absolute Gasteiger partial charge is 0.462 e. The third kappa shape index (κ3) is 4.03. The van der Waals surface area contributed by atoms with Crippen LogP contribution in [0.15, 0.2) is 35.2 Å². The Morgan fingerprint density at radius 2 is 1.97 bits per heavy atom. The van der Waals surface area contributed by atoms with Gasteiger partial charge in [0.1, 0.15) is 6.10 Å². The number of thioether (sulfide) groups is 1. The van der Waals surface area contributed by atoms with E-state index in [9.17, 15) is 4.79 Å². The molecule has 176 valence electrons. The summed E-state index contributed by atoms with van der Waals surface area (Å²) in [6, 6.07) is 10.7. The number of hydrogen-bond acceptors (Lipinski definition) is 5. The SMILES string of the molecule is C[C@@H]1CC[C@@H]2[C@H]3[C@@H](CC[C@@]2(C)CSc2ccccc2)OC(=O)[C@]31CCOC1CCCCO1. The highest BCUT2D eigenvalue weighted by molar-refractivity contribution is 7.99. The first-order valence-electron chi connectivity index (χ1n) is 12.6. The van der Waals surface area contributed by atoms with Crippen molar-refractivity contribution in [3.05, 3.63) is 30.3 Å². The quantitative estimate of drug-likeness (QED) is 0.366. The third-order valence-corrected chi connectivity index (χ3v) is 10.4. The van der Waals surface area contributed by atoms with E-state index in [-0.39, 0.29) is 29.2 Å². The van der Waals surface area contributed by atoms with Crippen molar-refractivity contribution in [3.63, 3.8) is 0 Å². The Morgan fingerprint density at radius 3 is 2.75 bits per heavy atom. The molecule has 1 aromatic rings. The van der Waals surface area contributed by atoms with Gasteiger partial charge in [-0.3, -0.25) is 4.79 Å². The lowest BCUT2D eigenvalue weighted by Crippen LogP contribution is -2.55. The van der Waals surface area contributed by atoms with Crippen LogP contribution in [0, 0.1) is 28.6 Å². The first-order chi connectivity index (χ1) is 15.5. The number of hydrogen-bond donors (Lipinski definition) is 0. The number of benzene rings is 1. The molecule has 2 aliphatic heterocycles. The van der Waals surface area contributed by atoms with E-state index in [1.165, 1.54) is 17.7 Å². The average Bonchev–Trinajstić information content (AvgIpc) is 3.11. The van der Waals surface area contributed by atoms with E-state index < -0.39 is 0 Å². The summed E-state index contributed by atoms with van der Waals surface area (Å²) in [5.74, 6) is 2.37. The Balaban J connectivity index is 1.33. The van der Waals surface area contributed by atoms with Gasteiger partial charge in [0.25, 0.3) is 0 Å². The smallest absolute Gasteiger partial charge is 0.313 e. The summed E-state index contributed by atoms with van der Waals surface area (Å²) in [5, 5.41) is 0. The summed E-state index contributed by atoms with van der Waals surface area (Å²) in [7, 11) is 0. The predicted octanol–water partition coefficient (Wildman–Crippen LogP) is 6.09. The van der Waals surface area contributed by atoms with Crippen LogP contribution in [0.2, 0.25) is 0 Å². The summed E-state index contributed by atoms with van der Waals surface area (Å²) in [6.07, 6.45) is 8.48. The molecule has 0 bridgehead atoms. The molecule has 2 saturated carbocycles. The molecule has 0 spiro atoms. The fourth-order valence-electron chi connectivity index (χ4n) is 7.14. The summed E-state index contributed by atoms with van der Waals surface area (Å²) in [4.78, 5) is 14.8. The lowest BCUT2D eigenvalue weighted by molar-refractivity contribution is -0.176. The molecule has 0 aromatic heterocycles. The Hall–Kier alpha value is -1.04. The molecular weight excluding hydrogens is 420 g/mol. The van der Waals surface area contributed by atoms with E-state index in [1.54, 1.807) is 0 Å². The number of esters is 1. The second-order valence-electron chi connectivity index (χ2n) is 10.8. The number of ether oxygens (including phenoxy) is 3. The third-order valence-electron chi connectivity index (χ3n) is 9.02. The maximum absolute atomic E-state index is 13.4. The van der Waals surface area contributed by atoms with E-state index in [0.29, 0.717) is 24.4 Å². The average molecular weight is 459 g/mol. The van der Waals surface area contributed by atoms with Crippen LogP contribution in [0.5, 0.6) is 0 Å². The molecule has 4 fully saturated rings. The van der Waals surface area contributed by atoms with E-state index in [1.807, 2.05) is 11.8 Å². The molecule has 1 unspecified atom stereocenters. The fraction of sp³-hybridized carbons (Fsp3) is 0.741. The van der Waals surface area contributed by atoms with Crippen LogP contribution < -0.4 is 0 Å². The summed E-state index contributed by atoms with van der Waals surface area (Å²) in [5.41, 5.74) is -0.157. The van der Waals surface area contributed by atoms with E-state index >= 15 is 0 Å². The second kappa shape index (κ2) is 9.31. The minimum atomic E-state index is -0.388. The zero-order valence-corrected chi connectivity index (χ0v) is 20.4. The summed E-state index contributed by atoms with van der Waals surface area (Å²) >= 11 is 1.97. The molecule has 7 atom stereocenters. The Labute approximate surface area is 197 Å². The van der Waals surface area contributed by atoms with Gasteiger partial charge in [0.15, 0.2) is 6.29 Å². The molecule has 1 aromatic carbocycles. The van der Waals surface area contributed by atoms with Crippen LogP contribution in [-0.4, -0.2) is 37.3 Å². The molecule has 4 nitrogen and oxygen atoms in total. The second-order valence-corrected chi connectivity index (χ2v) is 11.9. The van der Waals surface area contributed by atoms with Crippen molar-refractivity contribution in [3.8, 4) is 0 Å². The van der Waals surface area contributed by atoms with Crippen molar-refractivity contribution in [1.82, 2.24) is 0 Å². The molecule has 32 heavy (non-hydrogen) atoms. The lowest BCUT2D eigenvalue weighted by Gasteiger charge is -2.55. The Kier molecular flexibility index (Phi) is 6.61. The maximum Gasteiger partial charge on any atom is 0.313 e.